The molecule has 0 N–H and O–H groups in total. The molecule has 3 rings (SSSR count). The van der Waals surface area contributed by atoms with Crippen molar-refractivity contribution in [1.29, 1.82) is 0 Å². The van der Waals surface area contributed by atoms with Gasteiger partial charge in [-0.25, -0.2) is 4.39 Å². The largest absolute Gasteiger partial charge is 0.497 e. The van der Waals surface area contributed by atoms with Crippen LogP contribution in [0, 0.1) is 5.82 Å². The van der Waals surface area contributed by atoms with Crippen LogP contribution in [-0.4, -0.2) is 12.9 Å². The number of hydrogen-bond donors (Lipinski definition) is 0. The Morgan fingerprint density at radius 2 is 1.74 bits per heavy atom. The molecule has 0 saturated heterocycles. The van der Waals surface area contributed by atoms with Crippen LogP contribution in [-0.2, 0) is 6.61 Å². The normalized spacial score (nSPS) is 10.7. The van der Waals surface area contributed by atoms with E-state index >= 15 is 0 Å². The van der Waals surface area contributed by atoms with Gasteiger partial charge in [-0.2, -0.15) is 0 Å². The molecule has 0 atom stereocenters. The standard InChI is InChI=1S/C23H19FO3/c1-26-19-12-13-20(21(24)15-19)22(25)14-11-18-9-5-6-10-23(18)27-16-17-7-3-2-4-8-17/h2-15H,16H2,1H3. The van der Waals surface area contributed by atoms with Crippen LogP contribution in [0.25, 0.3) is 6.08 Å². The Hall–Kier alpha value is -3.40. The maximum Gasteiger partial charge on any atom is 0.188 e. The number of halogens is 1. The lowest BCUT2D eigenvalue weighted by atomic mass is 10.1. The minimum Gasteiger partial charge on any atom is -0.497 e. The van der Waals surface area contributed by atoms with Crippen molar-refractivity contribution in [2.45, 2.75) is 6.61 Å². The second-order valence-corrected chi connectivity index (χ2v) is 5.86. The summed E-state index contributed by atoms with van der Waals surface area (Å²) in [4.78, 5) is 12.3. The summed E-state index contributed by atoms with van der Waals surface area (Å²) in [6.07, 6.45) is 2.97. The SMILES string of the molecule is COc1ccc(C(=O)C=Cc2ccccc2OCc2ccccc2)c(F)c1. The van der Waals surface area contributed by atoms with E-state index in [0.29, 0.717) is 18.1 Å². The summed E-state index contributed by atoms with van der Waals surface area (Å²) >= 11 is 0. The Morgan fingerprint density at radius 1 is 1.00 bits per heavy atom. The van der Waals surface area contributed by atoms with Gasteiger partial charge in [-0.3, -0.25) is 4.79 Å². The third-order valence-electron chi connectivity index (χ3n) is 4.01. The first kappa shape index (κ1) is 18.4. The first-order valence-corrected chi connectivity index (χ1v) is 8.49. The highest BCUT2D eigenvalue weighted by atomic mass is 19.1. The van der Waals surface area contributed by atoms with Gasteiger partial charge in [-0.1, -0.05) is 48.5 Å². The first-order valence-electron chi connectivity index (χ1n) is 8.49. The molecule has 136 valence electrons. The number of hydrogen-bond acceptors (Lipinski definition) is 3. The van der Waals surface area contributed by atoms with Gasteiger partial charge in [0, 0.05) is 11.6 Å². The van der Waals surface area contributed by atoms with Crippen LogP contribution in [0.3, 0.4) is 0 Å². The highest BCUT2D eigenvalue weighted by Crippen LogP contribution is 2.22. The number of carbonyl (C=O) groups excluding carboxylic acids is 1. The van der Waals surface area contributed by atoms with Crippen LogP contribution in [0.4, 0.5) is 4.39 Å². The number of ether oxygens (including phenoxy) is 2. The lowest BCUT2D eigenvalue weighted by Gasteiger charge is -2.09. The Labute approximate surface area is 157 Å². The van der Waals surface area contributed by atoms with Crippen molar-refractivity contribution in [2.24, 2.45) is 0 Å². The fourth-order valence-electron chi connectivity index (χ4n) is 2.56. The summed E-state index contributed by atoms with van der Waals surface area (Å²) in [5.41, 5.74) is 1.79. The molecule has 0 spiro atoms. The minimum atomic E-state index is -0.613. The zero-order chi connectivity index (χ0) is 19.1. The molecule has 0 fully saturated rings. The second-order valence-electron chi connectivity index (χ2n) is 5.86. The molecule has 4 heteroatoms. The van der Waals surface area contributed by atoms with Gasteiger partial charge < -0.3 is 9.47 Å². The van der Waals surface area contributed by atoms with E-state index in [2.05, 4.69) is 0 Å². The van der Waals surface area contributed by atoms with E-state index in [9.17, 15) is 9.18 Å². The lowest BCUT2D eigenvalue weighted by Crippen LogP contribution is -2.00. The third-order valence-corrected chi connectivity index (χ3v) is 4.01. The number of rotatable bonds is 7. The number of carbonyl (C=O) groups is 1. The van der Waals surface area contributed by atoms with E-state index in [1.54, 1.807) is 12.1 Å². The zero-order valence-corrected chi connectivity index (χ0v) is 14.9. The van der Waals surface area contributed by atoms with E-state index in [0.717, 1.165) is 11.1 Å². The highest BCUT2D eigenvalue weighted by Gasteiger charge is 2.10. The minimum absolute atomic E-state index is 0.00487. The van der Waals surface area contributed by atoms with Crippen LogP contribution in [0.1, 0.15) is 21.5 Å². The van der Waals surface area contributed by atoms with Crippen LogP contribution < -0.4 is 9.47 Å². The van der Waals surface area contributed by atoms with Gasteiger partial charge in [0.15, 0.2) is 5.78 Å². The molecule has 0 aliphatic rings. The van der Waals surface area contributed by atoms with Crippen LogP contribution in [0.15, 0.2) is 78.9 Å². The second kappa shape index (κ2) is 8.81. The predicted octanol–water partition coefficient (Wildman–Crippen LogP) is 5.31. The maximum atomic E-state index is 14.0. The summed E-state index contributed by atoms with van der Waals surface area (Å²) in [6, 6.07) is 21.4. The summed E-state index contributed by atoms with van der Waals surface area (Å²) in [6.45, 7) is 0.423. The van der Waals surface area contributed by atoms with Gasteiger partial charge in [-0.05, 0) is 35.9 Å². The molecule has 0 heterocycles. The Morgan fingerprint density at radius 3 is 2.48 bits per heavy atom. The quantitative estimate of drug-likeness (QED) is 0.422. The fraction of sp³-hybridized carbons (Fsp3) is 0.0870. The number of allylic oxidation sites excluding steroid dienone is 1. The van der Waals surface area contributed by atoms with Crippen molar-refractivity contribution >= 4 is 11.9 Å². The van der Waals surface area contributed by atoms with E-state index in [1.165, 1.54) is 25.3 Å². The topological polar surface area (TPSA) is 35.5 Å². The monoisotopic (exact) mass is 362 g/mol. The van der Waals surface area contributed by atoms with E-state index in [-0.39, 0.29) is 5.56 Å². The number of ketones is 1. The van der Waals surface area contributed by atoms with Gasteiger partial charge in [0.25, 0.3) is 0 Å². The Balaban J connectivity index is 1.74. The number of methoxy groups -OCH3 is 1. The lowest BCUT2D eigenvalue weighted by molar-refractivity contribution is 0.104. The Bertz CT molecular complexity index is 949. The molecule has 0 aromatic heterocycles. The molecule has 0 saturated carbocycles. The maximum absolute atomic E-state index is 14.0. The van der Waals surface area contributed by atoms with Crippen molar-refractivity contribution in [1.82, 2.24) is 0 Å². The van der Waals surface area contributed by atoms with Crippen LogP contribution >= 0.6 is 0 Å². The van der Waals surface area contributed by atoms with Gasteiger partial charge in [0.1, 0.15) is 23.9 Å². The first-order chi connectivity index (χ1) is 13.2. The molecule has 0 aliphatic heterocycles. The number of para-hydroxylation sites is 1. The molecule has 0 radical (unpaired) electrons. The average Bonchev–Trinajstić information content (AvgIpc) is 2.71. The summed E-state index contributed by atoms with van der Waals surface area (Å²) < 4.78 is 24.9. The summed E-state index contributed by atoms with van der Waals surface area (Å²) in [7, 11) is 1.45. The average molecular weight is 362 g/mol. The molecule has 3 aromatic carbocycles. The van der Waals surface area contributed by atoms with Gasteiger partial charge in [-0.15, -0.1) is 0 Å². The Kier molecular flexibility index (Phi) is 6.00. The van der Waals surface area contributed by atoms with E-state index in [4.69, 9.17) is 9.47 Å². The molecule has 0 amide bonds. The third kappa shape index (κ3) is 4.82. The van der Waals surface area contributed by atoms with Crippen LogP contribution in [0.5, 0.6) is 11.5 Å². The van der Waals surface area contributed by atoms with Crippen molar-refractivity contribution in [3.8, 4) is 11.5 Å². The highest BCUT2D eigenvalue weighted by molar-refractivity contribution is 6.07. The van der Waals surface area contributed by atoms with E-state index in [1.807, 2.05) is 54.6 Å². The van der Waals surface area contributed by atoms with Crippen molar-refractivity contribution < 1.29 is 18.7 Å². The molecular formula is C23H19FO3. The molecule has 27 heavy (non-hydrogen) atoms. The van der Waals surface area contributed by atoms with E-state index < -0.39 is 11.6 Å². The molecule has 0 unspecified atom stereocenters. The zero-order valence-electron chi connectivity index (χ0n) is 14.9. The molecule has 3 aromatic rings. The predicted molar refractivity (Wildman–Crippen MR) is 104 cm³/mol. The molecule has 3 nitrogen and oxygen atoms in total. The fourth-order valence-corrected chi connectivity index (χ4v) is 2.56. The molecular weight excluding hydrogens is 343 g/mol. The summed E-state index contributed by atoms with van der Waals surface area (Å²) in [5.74, 6) is -0.0149. The van der Waals surface area contributed by atoms with Gasteiger partial charge >= 0.3 is 0 Å². The molecule has 0 aliphatic carbocycles. The molecule has 0 bridgehead atoms. The number of benzene rings is 3. The van der Waals surface area contributed by atoms with Crippen molar-refractivity contribution in [3.05, 3.63) is 101 Å². The van der Waals surface area contributed by atoms with Crippen molar-refractivity contribution in [2.75, 3.05) is 7.11 Å². The summed E-state index contributed by atoms with van der Waals surface area (Å²) in [5, 5.41) is 0. The van der Waals surface area contributed by atoms with Crippen molar-refractivity contribution in [3.63, 3.8) is 0 Å². The van der Waals surface area contributed by atoms with Crippen LogP contribution in [0.2, 0.25) is 0 Å². The van der Waals surface area contributed by atoms with Gasteiger partial charge in [0.2, 0.25) is 0 Å². The van der Waals surface area contributed by atoms with Gasteiger partial charge in [0.05, 0.1) is 12.7 Å². The smallest absolute Gasteiger partial charge is 0.188 e.